The lowest BCUT2D eigenvalue weighted by molar-refractivity contribution is -0.385. The molecule has 3 aromatic carbocycles. The number of nitro benzene ring substituents is 1. The first-order valence-electron chi connectivity index (χ1n) is 9.74. The average molecular weight is 449 g/mol. The number of hydrogen-bond donors (Lipinski definition) is 2. The summed E-state index contributed by atoms with van der Waals surface area (Å²) in [5, 5.41) is 16.4. The van der Waals surface area contributed by atoms with Crippen molar-refractivity contribution in [3.63, 3.8) is 0 Å². The molecule has 0 atom stereocenters. The molecule has 9 heteroatoms. The van der Waals surface area contributed by atoms with E-state index in [-0.39, 0.29) is 22.3 Å². The van der Waals surface area contributed by atoms with Gasteiger partial charge in [0.1, 0.15) is 5.56 Å². The number of rotatable bonds is 6. The topological polar surface area (TPSA) is 105 Å². The molecule has 2 amide bonds. The van der Waals surface area contributed by atoms with Crippen LogP contribution in [0, 0.1) is 10.1 Å². The first-order chi connectivity index (χ1) is 15.4. The number of carbonyl (C=O) groups excluding carboxylic acids is 2. The van der Waals surface area contributed by atoms with Gasteiger partial charge in [0.15, 0.2) is 5.11 Å². The maximum Gasteiger partial charge on any atom is 0.282 e. The van der Waals surface area contributed by atoms with Crippen molar-refractivity contribution < 1.29 is 14.5 Å². The van der Waals surface area contributed by atoms with Crippen LogP contribution in [0.15, 0.2) is 78.9 Å². The molecular weight excluding hydrogens is 428 g/mol. The molecule has 0 fully saturated rings. The predicted octanol–water partition coefficient (Wildman–Crippen LogP) is 4.39. The lowest BCUT2D eigenvalue weighted by Gasteiger charge is -2.22. The summed E-state index contributed by atoms with van der Waals surface area (Å²) in [4.78, 5) is 37.9. The second-order valence-corrected chi connectivity index (χ2v) is 7.02. The van der Waals surface area contributed by atoms with E-state index in [0.29, 0.717) is 17.8 Å². The van der Waals surface area contributed by atoms with Crippen molar-refractivity contribution in [2.75, 3.05) is 16.8 Å². The zero-order valence-electron chi connectivity index (χ0n) is 17.1. The second-order valence-electron chi connectivity index (χ2n) is 6.61. The number of nitrogens with zero attached hydrogens (tertiary/aromatic N) is 2. The third-order valence-electron chi connectivity index (χ3n) is 4.61. The Hall–Kier alpha value is -4.11. The molecule has 0 saturated heterocycles. The number of carbonyl (C=O) groups is 2. The van der Waals surface area contributed by atoms with Crippen LogP contribution in [-0.4, -0.2) is 28.4 Å². The number of amides is 2. The van der Waals surface area contributed by atoms with Gasteiger partial charge < -0.3 is 10.2 Å². The number of para-hydroxylation sites is 3. The molecule has 0 radical (unpaired) electrons. The van der Waals surface area contributed by atoms with E-state index in [4.69, 9.17) is 12.2 Å². The Balaban J connectivity index is 1.79. The minimum atomic E-state index is -0.724. The predicted molar refractivity (Wildman–Crippen MR) is 127 cm³/mol. The summed E-state index contributed by atoms with van der Waals surface area (Å²) >= 11 is 5.22. The Morgan fingerprint density at radius 1 is 0.938 bits per heavy atom. The first kappa shape index (κ1) is 22.6. The third-order valence-corrected chi connectivity index (χ3v) is 4.81. The van der Waals surface area contributed by atoms with Gasteiger partial charge in [-0.1, -0.05) is 42.5 Å². The van der Waals surface area contributed by atoms with Gasteiger partial charge >= 0.3 is 0 Å². The van der Waals surface area contributed by atoms with E-state index in [0.717, 1.165) is 5.69 Å². The van der Waals surface area contributed by atoms with E-state index in [1.54, 1.807) is 29.2 Å². The van der Waals surface area contributed by atoms with Crippen LogP contribution in [0.2, 0.25) is 0 Å². The summed E-state index contributed by atoms with van der Waals surface area (Å²) in [6.45, 7) is 2.33. The van der Waals surface area contributed by atoms with E-state index in [1.807, 2.05) is 37.3 Å². The Kier molecular flexibility index (Phi) is 7.25. The first-order valence-corrected chi connectivity index (χ1v) is 10.1. The van der Waals surface area contributed by atoms with Gasteiger partial charge in [-0.25, -0.2) is 0 Å². The van der Waals surface area contributed by atoms with Crippen LogP contribution in [0.1, 0.15) is 27.6 Å². The normalized spacial score (nSPS) is 10.2. The molecule has 3 aromatic rings. The summed E-state index contributed by atoms with van der Waals surface area (Å²) in [5.41, 5.74) is 1.07. The highest BCUT2D eigenvalue weighted by molar-refractivity contribution is 7.80. The van der Waals surface area contributed by atoms with Crippen molar-refractivity contribution in [3.05, 3.63) is 100 Å². The summed E-state index contributed by atoms with van der Waals surface area (Å²) < 4.78 is 0. The van der Waals surface area contributed by atoms with Gasteiger partial charge in [0.25, 0.3) is 17.5 Å². The molecule has 0 aliphatic heterocycles. The molecule has 0 spiro atoms. The molecular formula is C23H20N4O4S. The molecule has 0 heterocycles. The van der Waals surface area contributed by atoms with Gasteiger partial charge in [0.2, 0.25) is 0 Å². The molecule has 0 aliphatic rings. The van der Waals surface area contributed by atoms with Crippen LogP contribution in [0.5, 0.6) is 0 Å². The van der Waals surface area contributed by atoms with Crippen molar-refractivity contribution in [2.45, 2.75) is 6.92 Å². The molecule has 0 saturated carbocycles. The highest BCUT2D eigenvalue weighted by Crippen LogP contribution is 2.22. The number of nitrogens with one attached hydrogen (secondary N) is 2. The highest BCUT2D eigenvalue weighted by atomic mass is 32.1. The Morgan fingerprint density at radius 3 is 2.19 bits per heavy atom. The minimum Gasteiger partial charge on any atom is -0.332 e. The van der Waals surface area contributed by atoms with Crippen LogP contribution >= 0.6 is 12.2 Å². The van der Waals surface area contributed by atoms with Gasteiger partial charge in [-0.05, 0) is 49.5 Å². The van der Waals surface area contributed by atoms with Crippen molar-refractivity contribution in [1.29, 1.82) is 0 Å². The van der Waals surface area contributed by atoms with Gasteiger partial charge in [0.05, 0.1) is 16.2 Å². The van der Waals surface area contributed by atoms with E-state index in [1.165, 1.54) is 24.3 Å². The van der Waals surface area contributed by atoms with E-state index in [9.17, 15) is 19.7 Å². The maximum absolute atomic E-state index is 13.2. The van der Waals surface area contributed by atoms with Crippen molar-refractivity contribution in [3.8, 4) is 0 Å². The molecule has 8 nitrogen and oxygen atoms in total. The van der Waals surface area contributed by atoms with Crippen LogP contribution < -0.4 is 15.5 Å². The fourth-order valence-corrected chi connectivity index (χ4v) is 3.33. The largest absolute Gasteiger partial charge is 0.332 e. The van der Waals surface area contributed by atoms with Crippen molar-refractivity contribution in [2.24, 2.45) is 0 Å². The second kappa shape index (κ2) is 10.3. The van der Waals surface area contributed by atoms with Gasteiger partial charge in [-0.2, -0.15) is 0 Å². The SMILES string of the molecule is CCN(C(=O)c1ccccc1NC(=S)NC(=O)c1ccccc1[N+](=O)[O-])c1ccccc1. The molecule has 32 heavy (non-hydrogen) atoms. The summed E-state index contributed by atoms with van der Waals surface area (Å²) in [5.74, 6) is -0.965. The zero-order valence-corrected chi connectivity index (χ0v) is 18.0. The zero-order chi connectivity index (χ0) is 23.1. The monoisotopic (exact) mass is 448 g/mol. The van der Waals surface area contributed by atoms with Crippen molar-refractivity contribution >= 4 is 46.2 Å². The quantitative estimate of drug-likeness (QED) is 0.329. The number of thiocarbonyl (C=S) groups is 1. The molecule has 0 bridgehead atoms. The average Bonchev–Trinajstić information content (AvgIpc) is 2.80. The third kappa shape index (κ3) is 5.13. The van der Waals surface area contributed by atoms with E-state index < -0.39 is 10.8 Å². The molecule has 0 aromatic heterocycles. The highest BCUT2D eigenvalue weighted by Gasteiger charge is 2.22. The molecule has 162 valence electrons. The smallest absolute Gasteiger partial charge is 0.282 e. The van der Waals surface area contributed by atoms with E-state index in [2.05, 4.69) is 10.6 Å². The summed E-state index contributed by atoms with van der Waals surface area (Å²) in [7, 11) is 0. The number of benzene rings is 3. The fraction of sp³-hybridized carbons (Fsp3) is 0.0870. The Bertz CT molecular complexity index is 1170. The maximum atomic E-state index is 13.2. The molecule has 3 rings (SSSR count). The van der Waals surface area contributed by atoms with Crippen LogP contribution in [0.25, 0.3) is 0 Å². The lowest BCUT2D eigenvalue weighted by atomic mass is 10.1. The molecule has 0 unspecified atom stereocenters. The Morgan fingerprint density at radius 2 is 1.53 bits per heavy atom. The van der Waals surface area contributed by atoms with Gasteiger partial charge in [-0.3, -0.25) is 25.0 Å². The van der Waals surface area contributed by atoms with E-state index >= 15 is 0 Å². The summed E-state index contributed by atoms with van der Waals surface area (Å²) in [6.07, 6.45) is 0. The number of nitro groups is 1. The lowest BCUT2D eigenvalue weighted by Crippen LogP contribution is -2.36. The standard InChI is InChI=1S/C23H20N4O4S/c1-2-26(16-10-4-3-5-11-16)22(29)17-12-6-8-14-19(17)24-23(32)25-21(28)18-13-7-9-15-20(18)27(30)31/h3-15H,2H2,1H3,(H2,24,25,28,32). The number of hydrogen-bond acceptors (Lipinski definition) is 5. The Labute approximate surface area is 190 Å². The summed E-state index contributed by atoms with van der Waals surface area (Å²) in [6, 6.07) is 21.6. The number of anilines is 2. The van der Waals surface area contributed by atoms with Crippen LogP contribution in [0.3, 0.4) is 0 Å². The molecule has 0 aliphatic carbocycles. The fourth-order valence-electron chi connectivity index (χ4n) is 3.12. The van der Waals surface area contributed by atoms with Crippen LogP contribution in [0.4, 0.5) is 17.1 Å². The van der Waals surface area contributed by atoms with Gasteiger partial charge in [-0.15, -0.1) is 0 Å². The van der Waals surface area contributed by atoms with Crippen molar-refractivity contribution in [1.82, 2.24) is 5.32 Å². The minimum absolute atomic E-state index is 0.0869. The van der Waals surface area contributed by atoms with Gasteiger partial charge in [0, 0.05) is 18.3 Å². The molecule has 2 N–H and O–H groups in total. The van der Waals surface area contributed by atoms with Crippen LogP contribution in [-0.2, 0) is 0 Å².